The molecule has 0 spiro atoms. The van der Waals surface area contributed by atoms with Crippen LogP contribution in [0.1, 0.15) is 38.5 Å². The summed E-state index contributed by atoms with van der Waals surface area (Å²) >= 11 is 0. The Labute approximate surface area is 125 Å². The summed E-state index contributed by atoms with van der Waals surface area (Å²) in [4.78, 5) is 10.00. The quantitative estimate of drug-likeness (QED) is 0.597. The lowest BCUT2D eigenvalue weighted by atomic mass is 10.1. The van der Waals surface area contributed by atoms with Gasteiger partial charge in [-0.15, -0.1) is 0 Å². The molecule has 2 aliphatic rings. The van der Waals surface area contributed by atoms with Crippen LogP contribution in [0, 0.1) is 0 Å². The van der Waals surface area contributed by atoms with E-state index in [0.717, 1.165) is 0 Å². The summed E-state index contributed by atoms with van der Waals surface area (Å²) in [6, 6.07) is 0. The van der Waals surface area contributed by atoms with Gasteiger partial charge in [0.1, 0.15) is 0 Å². The van der Waals surface area contributed by atoms with Gasteiger partial charge in [0.15, 0.2) is 0 Å². The van der Waals surface area contributed by atoms with Gasteiger partial charge in [0.2, 0.25) is 0 Å². The fraction of sp³-hybridized carbons (Fsp3) is 1.00. The van der Waals surface area contributed by atoms with E-state index in [0.29, 0.717) is 0 Å². The SMILES string of the molecule is CN1CCN(CCCCCCCCN2CCN(C)C2)C1. The molecule has 20 heavy (non-hydrogen) atoms. The zero-order chi connectivity index (χ0) is 14.2. The monoisotopic (exact) mass is 282 g/mol. The third-order valence-corrected chi connectivity index (χ3v) is 4.68. The fourth-order valence-corrected chi connectivity index (χ4v) is 3.33. The average molecular weight is 282 g/mol. The summed E-state index contributed by atoms with van der Waals surface area (Å²) in [5.41, 5.74) is 0. The third-order valence-electron chi connectivity index (χ3n) is 4.68. The molecule has 0 aromatic rings. The van der Waals surface area contributed by atoms with Crippen molar-refractivity contribution in [3.63, 3.8) is 0 Å². The first-order chi connectivity index (χ1) is 9.74. The van der Waals surface area contributed by atoms with Crippen molar-refractivity contribution in [1.82, 2.24) is 19.6 Å². The predicted octanol–water partition coefficient (Wildman–Crippen LogP) is 1.74. The molecule has 0 bridgehead atoms. The minimum absolute atomic E-state index is 1.18. The first kappa shape index (κ1) is 16.2. The predicted molar refractivity (Wildman–Crippen MR) is 85.8 cm³/mol. The highest BCUT2D eigenvalue weighted by Gasteiger charge is 2.15. The Morgan fingerprint density at radius 2 is 0.950 bits per heavy atom. The van der Waals surface area contributed by atoms with Crippen LogP contribution in [0.15, 0.2) is 0 Å². The summed E-state index contributed by atoms with van der Waals surface area (Å²) in [7, 11) is 4.44. The molecule has 2 aliphatic heterocycles. The Balaban J connectivity index is 1.33. The molecule has 0 saturated carbocycles. The molecule has 2 rings (SSSR count). The van der Waals surface area contributed by atoms with Crippen LogP contribution in [0.25, 0.3) is 0 Å². The summed E-state index contributed by atoms with van der Waals surface area (Å²) in [5, 5.41) is 0. The molecule has 0 amide bonds. The molecule has 4 nitrogen and oxygen atoms in total. The van der Waals surface area contributed by atoms with Crippen LogP contribution in [0.5, 0.6) is 0 Å². The highest BCUT2D eigenvalue weighted by Crippen LogP contribution is 2.10. The van der Waals surface area contributed by atoms with Crippen molar-refractivity contribution >= 4 is 0 Å². The fourth-order valence-electron chi connectivity index (χ4n) is 3.33. The van der Waals surface area contributed by atoms with Gasteiger partial charge in [-0.2, -0.15) is 0 Å². The summed E-state index contributed by atoms with van der Waals surface area (Å²) in [6.07, 6.45) is 8.50. The second kappa shape index (κ2) is 8.98. The van der Waals surface area contributed by atoms with Crippen molar-refractivity contribution in [1.29, 1.82) is 0 Å². The summed E-state index contributed by atoms with van der Waals surface area (Å²) in [5.74, 6) is 0. The molecule has 0 aromatic heterocycles. The molecule has 4 heteroatoms. The zero-order valence-electron chi connectivity index (χ0n) is 13.7. The van der Waals surface area contributed by atoms with Gasteiger partial charge in [0.05, 0.1) is 13.3 Å². The van der Waals surface area contributed by atoms with Crippen LogP contribution in [-0.2, 0) is 0 Å². The lowest BCUT2D eigenvalue weighted by Gasteiger charge is -2.15. The standard InChI is InChI=1S/C16H34N4/c1-17-11-13-19(15-17)9-7-5-3-4-6-8-10-20-14-12-18(2)16-20/h3-16H2,1-2H3. The van der Waals surface area contributed by atoms with E-state index in [9.17, 15) is 0 Å². The Kier molecular flexibility index (Phi) is 7.28. The zero-order valence-corrected chi connectivity index (χ0v) is 13.7. The number of hydrogen-bond donors (Lipinski definition) is 0. The van der Waals surface area contributed by atoms with Crippen LogP contribution in [-0.4, -0.2) is 86.3 Å². The molecule has 0 unspecified atom stereocenters. The van der Waals surface area contributed by atoms with Crippen molar-refractivity contribution in [2.24, 2.45) is 0 Å². The van der Waals surface area contributed by atoms with Gasteiger partial charge in [-0.3, -0.25) is 19.6 Å². The molecule has 0 N–H and O–H groups in total. The normalized spacial score (nSPS) is 23.1. The number of likely N-dealkylation sites (N-methyl/N-ethyl adjacent to an activating group) is 2. The summed E-state index contributed by atoms with van der Waals surface area (Å²) in [6.45, 7) is 10.1. The van der Waals surface area contributed by atoms with E-state index in [1.165, 1.54) is 91.1 Å². The largest absolute Gasteiger partial charge is 0.292 e. The van der Waals surface area contributed by atoms with E-state index in [4.69, 9.17) is 0 Å². The van der Waals surface area contributed by atoms with E-state index in [2.05, 4.69) is 33.7 Å². The van der Waals surface area contributed by atoms with Crippen LogP contribution in [0.3, 0.4) is 0 Å². The van der Waals surface area contributed by atoms with Gasteiger partial charge in [-0.25, -0.2) is 0 Å². The molecule has 2 heterocycles. The van der Waals surface area contributed by atoms with Gasteiger partial charge in [-0.05, 0) is 40.0 Å². The second-order valence-electron chi connectivity index (χ2n) is 6.80. The maximum Gasteiger partial charge on any atom is 0.0504 e. The lowest BCUT2D eigenvalue weighted by Crippen LogP contribution is -2.24. The van der Waals surface area contributed by atoms with Crippen molar-refractivity contribution in [2.75, 3.05) is 66.7 Å². The van der Waals surface area contributed by atoms with Gasteiger partial charge in [-0.1, -0.05) is 25.7 Å². The van der Waals surface area contributed by atoms with E-state index >= 15 is 0 Å². The Bertz CT molecular complexity index is 233. The molecule has 0 aliphatic carbocycles. The Hall–Kier alpha value is -0.160. The number of rotatable bonds is 9. The van der Waals surface area contributed by atoms with E-state index in [1.807, 2.05) is 0 Å². The van der Waals surface area contributed by atoms with Gasteiger partial charge >= 0.3 is 0 Å². The maximum absolute atomic E-state index is 2.59. The maximum atomic E-state index is 2.59. The molecular weight excluding hydrogens is 248 g/mol. The molecule has 2 fully saturated rings. The average Bonchev–Trinajstić information content (AvgIpc) is 3.02. The number of nitrogens with zero attached hydrogens (tertiary/aromatic N) is 4. The second-order valence-corrected chi connectivity index (χ2v) is 6.80. The van der Waals surface area contributed by atoms with Crippen LogP contribution < -0.4 is 0 Å². The highest BCUT2D eigenvalue weighted by molar-refractivity contribution is 4.68. The number of unbranched alkanes of at least 4 members (excludes halogenated alkanes) is 5. The number of hydrogen-bond acceptors (Lipinski definition) is 4. The smallest absolute Gasteiger partial charge is 0.0504 e. The first-order valence-electron chi connectivity index (χ1n) is 8.56. The molecule has 0 atom stereocenters. The van der Waals surface area contributed by atoms with Crippen LogP contribution in [0.2, 0.25) is 0 Å². The van der Waals surface area contributed by atoms with Crippen LogP contribution >= 0.6 is 0 Å². The lowest BCUT2D eigenvalue weighted by molar-refractivity contribution is 0.265. The first-order valence-corrected chi connectivity index (χ1v) is 8.56. The van der Waals surface area contributed by atoms with Gasteiger partial charge < -0.3 is 0 Å². The van der Waals surface area contributed by atoms with E-state index < -0.39 is 0 Å². The van der Waals surface area contributed by atoms with Crippen molar-refractivity contribution in [3.05, 3.63) is 0 Å². The molecule has 2 saturated heterocycles. The highest BCUT2D eigenvalue weighted by atomic mass is 15.4. The topological polar surface area (TPSA) is 13.0 Å². The van der Waals surface area contributed by atoms with Crippen LogP contribution in [0.4, 0.5) is 0 Å². The Morgan fingerprint density at radius 3 is 1.30 bits per heavy atom. The van der Waals surface area contributed by atoms with Crippen molar-refractivity contribution in [2.45, 2.75) is 38.5 Å². The van der Waals surface area contributed by atoms with Crippen molar-refractivity contribution < 1.29 is 0 Å². The molecule has 0 aromatic carbocycles. The molecule has 0 radical (unpaired) electrons. The van der Waals surface area contributed by atoms with E-state index in [-0.39, 0.29) is 0 Å². The minimum Gasteiger partial charge on any atom is -0.292 e. The van der Waals surface area contributed by atoms with Gasteiger partial charge in [0.25, 0.3) is 0 Å². The van der Waals surface area contributed by atoms with Crippen molar-refractivity contribution in [3.8, 4) is 0 Å². The van der Waals surface area contributed by atoms with E-state index in [1.54, 1.807) is 0 Å². The Morgan fingerprint density at radius 1 is 0.550 bits per heavy atom. The summed E-state index contributed by atoms with van der Waals surface area (Å²) < 4.78 is 0. The molecule has 118 valence electrons. The van der Waals surface area contributed by atoms with Gasteiger partial charge in [0, 0.05) is 26.2 Å². The molecular formula is C16H34N4. The minimum atomic E-state index is 1.18. The third kappa shape index (κ3) is 6.08.